The number of aliphatic hydroxyl groups excluding tert-OH is 1. The molecule has 1 aromatic carbocycles. The number of benzene rings is 1. The molecular weight excluding hydrogens is 238 g/mol. The van der Waals surface area contributed by atoms with E-state index in [1.165, 1.54) is 23.1 Å². The van der Waals surface area contributed by atoms with Gasteiger partial charge in [-0.05, 0) is 13.0 Å². The summed E-state index contributed by atoms with van der Waals surface area (Å²) in [7, 11) is 0. The Morgan fingerprint density at radius 1 is 1.56 bits per heavy atom. The SMILES string of the molecule is CCN(CCO)C(=O)c1cccc([N+](=O)[O-])c1N. The molecule has 1 rings (SSSR count). The van der Waals surface area contributed by atoms with Gasteiger partial charge >= 0.3 is 0 Å². The highest BCUT2D eigenvalue weighted by Crippen LogP contribution is 2.25. The molecule has 0 saturated carbocycles. The lowest BCUT2D eigenvalue weighted by Gasteiger charge is -2.20. The predicted molar refractivity (Wildman–Crippen MR) is 66.2 cm³/mol. The Labute approximate surface area is 104 Å². The molecule has 0 bridgehead atoms. The van der Waals surface area contributed by atoms with E-state index in [4.69, 9.17) is 10.8 Å². The number of rotatable bonds is 5. The lowest BCUT2D eigenvalue weighted by Crippen LogP contribution is -2.33. The van der Waals surface area contributed by atoms with Gasteiger partial charge in [-0.2, -0.15) is 0 Å². The fraction of sp³-hybridized carbons (Fsp3) is 0.364. The molecule has 0 aromatic heterocycles. The van der Waals surface area contributed by atoms with E-state index in [1.54, 1.807) is 6.92 Å². The monoisotopic (exact) mass is 253 g/mol. The number of amides is 1. The zero-order valence-electron chi connectivity index (χ0n) is 10.00. The Morgan fingerprint density at radius 2 is 2.22 bits per heavy atom. The van der Waals surface area contributed by atoms with Gasteiger partial charge in [0.1, 0.15) is 5.69 Å². The Balaban J connectivity index is 3.13. The van der Waals surface area contributed by atoms with E-state index in [1.807, 2.05) is 0 Å². The fourth-order valence-electron chi connectivity index (χ4n) is 1.59. The summed E-state index contributed by atoms with van der Waals surface area (Å²) in [4.78, 5) is 23.5. The molecule has 7 nitrogen and oxygen atoms in total. The normalized spacial score (nSPS) is 10.1. The summed E-state index contributed by atoms with van der Waals surface area (Å²) < 4.78 is 0. The van der Waals surface area contributed by atoms with E-state index in [0.717, 1.165) is 0 Å². The largest absolute Gasteiger partial charge is 0.395 e. The number of hydrogen-bond donors (Lipinski definition) is 2. The van der Waals surface area contributed by atoms with Crippen LogP contribution in [0.5, 0.6) is 0 Å². The maximum atomic E-state index is 12.1. The van der Waals surface area contributed by atoms with Crippen LogP contribution in [0.25, 0.3) is 0 Å². The lowest BCUT2D eigenvalue weighted by atomic mass is 10.1. The van der Waals surface area contributed by atoms with Gasteiger partial charge in [0, 0.05) is 19.2 Å². The topological polar surface area (TPSA) is 110 Å². The van der Waals surface area contributed by atoms with Gasteiger partial charge in [-0.25, -0.2) is 0 Å². The minimum Gasteiger partial charge on any atom is -0.395 e. The third kappa shape index (κ3) is 2.75. The Morgan fingerprint density at radius 3 is 2.72 bits per heavy atom. The fourth-order valence-corrected chi connectivity index (χ4v) is 1.59. The number of nitro benzene ring substituents is 1. The van der Waals surface area contributed by atoms with Crippen molar-refractivity contribution in [2.45, 2.75) is 6.92 Å². The maximum Gasteiger partial charge on any atom is 0.292 e. The van der Waals surface area contributed by atoms with E-state index in [-0.39, 0.29) is 30.1 Å². The van der Waals surface area contributed by atoms with Gasteiger partial charge in [-0.3, -0.25) is 14.9 Å². The minimum atomic E-state index is -0.631. The van der Waals surface area contributed by atoms with Gasteiger partial charge in [0.25, 0.3) is 11.6 Å². The van der Waals surface area contributed by atoms with Gasteiger partial charge < -0.3 is 15.7 Å². The van der Waals surface area contributed by atoms with Crippen LogP contribution in [0.3, 0.4) is 0 Å². The predicted octanol–water partition coefficient (Wildman–Crippen LogP) is 0.631. The number of nitrogens with zero attached hydrogens (tertiary/aromatic N) is 2. The molecular formula is C11H15N3O4. The summed E-state index contributed by atoms with van der Waals surface area (Å²) >= 11 is 0. The maximum absolute atomic E-state index is 12.1. The molecule has 0 aliphatic carbocycles. The van der Waals surface area contributed by atoms with Crippen molar-refractivity contribution in [1.82, 2.24) is 4.90 Å². The van der Waals surface area contributed by atoms with Crippen LogP contribution in [0, 0.1) is 10.1 Å². The van der Waals surface area contributed by atoms with E-state index in [2.05, 4.69) is 0 Å². The lowest BCUT2D eigenvalue weighted by molar-refractivity contribution is -0.383. The molecule has 0 fully saturated rings. The van der Waals surface area contributed by atoms with Crippen molar-refractivity contribution >= 4 is 17.3 Å². The summed E-state index contributed by atoms with van der Waals surface area (Å²) in [5.41, 5.74) is 5.27. The summed E-state index contributed by atoms with van der Waals surface area (Å²) in [6.45, 7) is 2.13. The number of carbonyl (C=O) groups excluding carboxylic acids is 1. The first-order chi connectivity index (χ1) is 8.52. The number of hydrogen-bond acceptors (Lipinski definition) is 5. The Bertz CT molecular complexity index is 462. The molecule has 0 spiro atoms. The smallest absolute Gasteiger partial charge is 0.292 e. The number of likely N-dealkylation sites (N-methyl/N-ethyl adjacent to an activating group) is 1. The Hall–Kier alpha value is -2.15. The van der Waals surface area contributed by atoms with Crippen molar-refractivity contribution < 1.29 is 14.8 Å². The van der Waals surface area contributed by atoms with E-state index >= 15 is 0 Å². The molecule has 1 aromatic rings. The van der Waals surface area contributed by atoms with Gasteiger partial charge in [0.2, 0.25) is 0 Å². The second-order valence-electron chi connectivity index (χ2n) is 3.60. The molecule has 0 unspecified atom stereocenters. The minimum absolute atomic E-state index is 0.0829. The van der Waals surface area contributed by atoms with Crippen molar-refractivity contribution in [3.05, 3.63) is 33.9 Å². The standard InChI is InChI=1S/C11H15N3O4/c1-2-13(6-7-15)11(16)8-4-3-5-9(10(8)12)14(17)18/h3-5,15H,2,6-7,12H2,1H3. The van der Waals surface area contributed by atoms with E-state index in [9.17, 15) is 14.9 Å². The molecule has 0 atom stereocenters. The molecule has 7 heteroatoms. The van der Waals surface area contributed by atoms with Gasteiger partial charge in [-0.1, -0.05) is 6.07 Å². The quantitative estimate of drug-likeness (QED) is 0.454. The van der Waals surface area contributed by atoms with Crippen LogP contribution < -0.4 is 5.73 Å². The van der Waals surface area contributed by atoms with Gasteiger partial charge in [-0.15, -0.1) is 0 Å². The molecule has 0 heterocycles. The zero-order valence-corrected chi connectivity index (χ0v) is 10.00. The van der Waals surface area contributed by atoms with Crippen LogP contribution >= 0.6 is 0 Å². The second-order valence-corrected chi connectivity index (χ2v) is 3.60. The van der Waals surface area contributed by atoms with Crippen LogP contribution in [0.4, 0.5) is 11.4 Å². The molecule has 0 saturated heterocycles. The van der Waals surface area contributed by atoms with Crippen LogP contribution in [0.15, 0.2) is 18.2 Å². The highest BCUT2D eigenvalue weighted by atomic mass is 16.6. The average molecular weight is 253 g/mol. The van der Waals surface area contributed by atoms with E-state index in [0.29, 0.717) is 6.54 Å². The van der Waals surface area contributed by atoms with Crippen molar-refractivity contribution in [1.29, 1.82) is 0 Å². The van der Waals surface area contributed by atoms with E-state index < -0.39 is 10.8 Å². The molecule has 1 amide bonds. The average Bonchev–Trinajstić information content (AvgIpc) is 2.35. The number of aliphatic hydroxyl groups is 1. The summed E-state index contributed by atoms with van der Waals surface area (Å²) in [6.07, 6.45) is 0. The highest BCUT2D eigenvalue weighted by molar-refractivity contribution is 6.01. The second kappa shape index (κ2) is 5.97. The van der Waals surface area contributed by atoms with Crippen molar-refractivity contribution in [2.24, 2.45) is 0 Å². The number of carbonyl (C=O) groups is 1. The first-order valence-corrected chi connectivity index (χ1v) is 5.45. The number of anilines is 1. The number of nitrogens with two attached hydrogens (primary N) is 1. The molecule has 3 N–H and O–H groups in total. The first kappa shape index (κ1) is 13.9. The van der Waals surface area contributed by atoms with Crippen LogP contribution in [0.2, 0.25) is 0 Å². The van der Waals surface area contributed by atoms with Gasteiger partial charge in [0.15, 0.2) is 0 Å². The highest BCUT2D eigenvalue weighted by Gasteiger charge is 2.22. The summed E-state index contributed by atoms with van der Waals surface area (Å²) in [5, 5.41) is 19.6. The number of nitro groups is 1. The third-order valence-corrected chi connectivity index (χ3v) is 2.55. The summed E-state index contributed by atoms with van der Waals surface area (Å²) in [5.74, 6) is -0.423. The molecule has 0 radical (unpaired) electrons. The van der Waals surface area contributed by atoms with Crippen molar-refractivity contribution in [3.63, 3.8) is 0 Å². The Kier molecular flexibility index (Phi) is 4.61. The van der Waals surface area contributed by atoms with Crippen molar-refractivity contribution in [3.8, 4) is 0 Å². The van der Waals surface area contributed by atoms with Crippen LogP contribution in [0.1, 0.15) is 17.3 Å². The first-order valence-electron chi connectivity index (χ1n) is 5.45. The number of nitrogen functional groups attached to an aromatic ring is 1. The van der Waals surface area contributed by atoms with Gasteiger partial charge in [0.05, 0.1) is 17.1 Å². The van der Waals surface area contributed by atoms with Crippen LogP contribution in [-0.4, -0.2) is 40.5 Å². The zero-order chi connectivity index (χ0) is 13.7. The molecule has 0 aliphatic heterocycles. The molecule has 0 aliphatic rings. The van der Waals surface area contributed by atoms with Crippen LogP contribution in [-0.2, 0) is 0 Å². The number of para-hydroxylation sites is 1. The molecule has 98 valence electrons. The summed E-state index contributed by atoms with van der Waals surface area (Å²) in [6, 6.07) is 4.09. The van der Waals surface area contributed by atoms with Crippen molar-refractivity contribution in [2.75, 3.05) is 25.4 Å². The third-order valence-electron chi connectivity index (χ3n) is 2.55. The molecule has 18 heavy (non-hydrogen) atoms.